The Morgan fingerprint density at radius 3 is 2.41 bits per heavy atom. The van der Waals surface area contributed by atoms with Gasteiger partial charge in [-0.2, -0.15) is 0 Å². The van der Waals surface area contributed by atoms with Crippen molar-refractivity contribution in [3.63, 3.8) is 0 Å². The molecule has 1 aliphatic carbocycles. The van der Waals surface area contributed by atoms with Crippen LogP contribution in [-0.2, 0) is 0 Å². The van der Waals surface area contributed by atoms with E-state index in [2.05, 4.69) is 16.0 Å². The van der Waals surface area contributed by atoms with Crippen LogP contribution in [0.1, 0.15) is 25.7 Å². The highest BCUT2D eigenvalue weighted by Gasteiger charge is 2.23. The van der Waals surface area contributed by atoms with Crippen LogP contribution in [0.2, 0.25) is 0 Å². The fourth-order valence-corrected chi connectivity index (χ4v) is 2.80. The van der Waals surface area contributed by atoms with Gasteiger partial charge >= 0.3 is 0 Å². The number of benzene rings is 1. The lowest BCUT2D eigenvalue weighted by Gasteiger charge is -2.15. The molecule has 0 spiro atoms. The zero-order valence-electron chi connectivity index (χ0n) is 12.5. The molecule has 3 N–H and O–H groups in total. The zero-order valence-corrected chi connectivity index (χ0v) is 13.3. The molecule has 6 heteroatoms. The maximum Gasteiger partial charge on any atom is 0.169 e. The predicted octanol–water partition coefficient (Wildman–Crippen LogP) is 2.79. The van der Waals surface area contributed by atoms with Gasteiger partial charge in [0, 0.05) is 18.6 Å². The van der Waals surface area contributed by atoms with Crippen molar-refractivity contribution < 1.29 is 0 Å². The Morgan fingerprint density at radius 1 is 1.05 bits per heavy atom. The van der Waals surface area contributed by atoms with Crippen molar-refractivity contribution in [2.75, 3.05) is 23.7 Å². The highest BCUT2D eigenvalue weighted by Crippen LogP contribution is 2.28. The molecule has 2 fully saturated rings. The van der Waals surface area contributed by atoms with E-state index in [0.29, 0.717) is 12.1 Å². The molecule has 1 aliphatic heterocycles. The quantitative estimate of drug-likeness (QED) is 0.791. The molecule has 2 aromatic rings. The van der Waals surface area contributed by atoms with E-state index in [-0.39, 0.29) is 12.4 Å². The Hall–Kier alpha value is -1.59. The van der Waals surface area contributed by atoms with Crippen molar-refractivity contribution in [3.05, 3.63) is 24.3 Å². The Kier molecular flexibility index (Phi) is 4.64. The van der Waals surface area contributed by atoms with E-state index in [0.717, 1.165) is 35.8 Å². The Balaban J connectivity index is 0.00000144. The zero-order chi connectivity index (χ0) is 14.1. The van der Waals surface area contributed by atoms with E-state index in [9.17, 15) is 0 Å². The number of fused-ring (bicyclic) bond motifs is 1. The van der Waals surface area contributed by atoms with Crippen LogP contribution in [-0.4, -0.2) is 35.1 Å². The molecule has 2 aliphatic rings. The summed E-state index contributed by atoms with van der Waals surface area (Å²) in [6, 6.07) is 9.17. The van der Waals surface area contributed by atoms with Gasteiger partial charge in [0.1, 0.15) is 0 Å². The van der Waals surface area contributed by atoms with E-state index in [1.54, 1.807) is 0 Å². The molecule has 1 aromatic heterocycles. The Labute approximate surface area is 136 Å². The summed E-state index contributed by atoms with van der Waals surface area (Å²) >= 11 is 0. The molecule has 4 rings (SSSR count). The third-order valence-corrected chi connectivity index (χ3v) is 4.17. The third kappa shape index (κ3) is 3.42. The summed E-state index contributed by atoms with van der Waals surface area (Å²) in [4.78, 5) is 9.50. The van der Waals surface area contributed by atoms with Gasteiger partial charge in [0.15, 0.2) is 11.6 Å². The molecule has 2 heterocycles. The van der Waals surface area contributed by atoms with E-state index >= 15 is 0 Å². The normalized spacial score (nSPS) is 20.6. The molecule has 1 saturated heterocycles. The van der Waals surface area contributed by atoms with Gasteiger partial charge in [0.05, 0.1) is 11.0 Å². The number of nitrogens with zero attached hydrogens (tertiary/aromatic N) is 2. The molecule has 1 aromatic carbocycles. The van der Waals surface area contributed by atoms with Crippen LogP contribution < -0.4 is 16.0 Å². The summed E-state index contributed by atoms with van der Waals surface area (Å²) in [5, 5.41) is 10.5. The van der Waals surface area contributed by atoms with Gasteiger partial charge < -0.3 is 16.0 Å². The summed E-state index contributed by atoms with van der Waals surface area (Å²) in [6.07, 6.45) is 4.97. The van der Waals surface area contributed by atoms with Crippen LogP contribution in [0, 0.1) is 0 Å². The number of nitrogens with one attached hydrogen (secondary N) is 3. The lowest BCUT2D eigenvalue weighted by Crippen LogP contribution is -2.29. The summed E-state index contributed by atoms with van der Waals surface area (Å²) < 4.78 is 0. The molecule has 5 nitrogen and oxygen atoms in total. The average Bonchev–Trinajstić information content (AvgIpc) is 3.17. The lowest BCUT2D eigenvalue weighted by atomic mass is 10.2. The van der Waals surface area contributed by atoms with Crippen molar-refractivity contribution in [2.24, 2.45) is 0 Å². The lowest BCUT2D eigenvalue weighted by molar-refractivity contribution is 0.632. The summed E-state index contributed by atoms with van der Waals surface area (Å²) in [7, 11) is 0. The minimum absolute atomic E-state index is 0. The number of halogens is 1. The van der Waals surface area contributed by atoms with Crippen LogP contribution >= 0.6 is 12.4 Å². The molecule has 22 heavy (non-hydrogen) atoms. The molecule has 0 bridgehead atoms. The molecule has 1 unspecified atom stereocenters. The largest absolute Gasteiger partial charge is 0.365 e. The minimum atomic E-state index is 0. The Bertz CT molecular complexity index is 637. The molecular formula is C16H22ClN5. The second kappa shape index (κ2) is 6.67. The van der Waals surface area contributed by atoms with E-state index in [1.807, 2.05) is 24.3 Å². The smallest absolute Gasteiger partial charge is 0.169 e. The van der Waals surface area contributed by atoms with Gasteiger partial charge in [-0.3, -0.25) is 0 Å². The fourth-order valence-electron chi connectivity index (χ4n) is 2.80. The topological polar surface area (TPSA) is 61.9 Å². The van der Waals surface area contributed by atoms with E-state index in [1.165, 1.54) is 25.7 Å². The van der Waals surface area contributed by atoms with Gasteiger partial charge in [-0.15, -0.1) is 12.4 Å². The van der Waals surface area contributed by atoms with Crippen LogP contribution in [0.3, 0.4) is 0 Å². The highest BCUT2D eigenvalue weighted by atomic mass is 35.5. The first-order valence-electron chi connectivity index (χ1n) is 7.89. The fraction of sp³-hybridized carbons (Fsp3) is 0.500. The Morgan fingerprint density at radius 2 is 1.77 bits per heavy atom. The maximum atomic E-state index is 4.75. The minimum Gasteiger partial charge on any atom is -0.365 e. The van der Waals surface area contributed by atoms with Crippen LogP contribution in [0.4, 0.5) is 11.6 Å². The van der Waals surface area contributed by atoms with Crippen molar-refractivity contribution in [3.8, 4) is 0 Å². The number of hydrogen-bond donors (Lipinski definition) is 3. The first kappa shape index (κ1) is 15.3. The monoisotopic (exact) mass is 319 g/mol. The van der Waals surface area contributed by atoms with Crippen molar-refractivity contribution in [1.82, 2.24) is 15.3 Å². The summed E-state index contributed by atoms with van der Waals surface area (Å²) in [6.45, 7) is 2.04. The van der Waals surface area contributed by atoms with Crippen molar-refractivity contribution in [1.29, 1.82) is 0 Å². The van der Waals surface area contributed by atoms with Gasteiger partial charge in [-0.1, -0.05) is 12.1 Å². The molecular weight excluding hydrogens is 298 g/mol. The second-order valence-electron chi connectivity index (χ2n) is 6.00. The van der Waals surface area contributed by atoms with Crippen LogP contribution in [0.15, 0.2) is 24.3 Å². The molecule has 0 amide bonds. The number of rotatable bonds is 5. The summed E-state index contributed by atoms with van der Waals surface area (Å²) in [5.41, 5.74) is 1.89. The SMILES string of the molecule is Cl.c1ccc2nc(NC3CC3)c(NCC3CCCN3)nc2c1. The average molecular weight is 320 g/mol. The first-order valence-corrected chi connectivity index (χ1v) is 7.89. The standard InChI is InChI=1S/C16H21N5.ClH/c1-2-6-14-13(5-1)20-15(16(21-14)19-11-7-8-11)18-10-12-4-3-9-17-12;/h1-2,5-6,11-12,17H,3-4,7-10H2,(H,18,20)(H,19,21);1H. The number of anilines is 2. The number of hydrogen-bond acceptors (Lipinski definition) is 5. The van der Waals surface area contributed by atoms with E-state index in [4.69, 9.17) is 9.97 Å². The van der Waals surface area contributed by atoms with Crippen LogP contribution in [0.25, 0.3) is 11.0 Å². The number of para-hydroxylation sites is 2. The maximum absolute atomic E-state index is 4.75. The van der Waals surface area contributed by atoms with Crippen molar-refractivity contribution >= 4 is 35.1 Å². The predicted molar refractivity (Wildman–Crippen MR) is 92.9 cm³/mol. The first-order chi connectivity index (χ1) is 10.4. The molecule has 1 atom stereocenters. The molecule has 1 saturated carbocycles. The van der Waals surface area contributed by atoms with Gasteiger partial charge in [0.25, 0.3) is 0 Å². The number of aromatic nitrogens is 2. The van der Waals surface area contributed by atoms with Crippen LogP contribution in [0.5, 0.6) is 0 Å². The van der Waals surface area contributed by atoms with E-state index < -0.39 is 0 Å². The second-order valence-corrected chi connectivity index (χ2v) is 6.00. The highest BCUT2D eigenvalue weighted by molar-refractivity contribution is 5.85. The van der Waals surface area contributed by atoms with Gasteiger partial charge in [-0.25, -0.2) is 9.97 Å². The van der Waals surface area contributed by atoms with Crippen molar-refractivity contribution in [2.45, 2.75) is 37.8 Å². The van der Waals surface area contributed by atoms with Gasteiger partial charge in [-0.05, 0) is 44.4 Å². The molecule has 0 radical (unpaired) electrons. The molecule has 118 valence electrons. The third-order valence-electron chi connectivity index (χ3n) is 4.17. The summed E-state index contributed by atoms with van der Waals surface area (Å²) in [5.74, 6) is 1.78. The van der Waals surface area contributed by atoms with Gasteiger partial charge in [0.2, 0.25) is 0 Å².